The highest BCUT2D eigenvalue weighted by Gasteiger charge is 2.28. The Labute approximate surface area is 148 Å². The molecule has 9 nitrogen and oxygen atoms in total. The van der Waals surface area contributed by atoms with Gasteiger partial charge in [0, 0.05) is 13.1 Å². The molecule has 0 saturated carbocycles. The first-order valence-electron chi connectivity index (χ1n) is 8.33. The van der Waals surface area contributed by atoms with Crippen LogP contribution in [0.25, 0.3) is 11.2 Å². The van der Waals surface area contributed by atoms with E-state index in [9.17, 15) is 0 Å². The number of aromatic nitrogens is 4. The van der Waals surface area contributed by atoms with Crippen LogP contribution in [-0.2, 0) is 4.74 Å². The standard InChI is InChI=1S/C17H16N6O3/c18-17-21-14-13(15(22-17)23-5-7-24-8-6-23)20-10(9-19-14)16-25-11-3-1-2-4-12(11)26-16/h1-4,9,16H,5-8H2,(H2,18,19,21,22). The van der Waals surface area contributed by atoms with E-state index in [0.717, 1.165) is 0 Å². The Kier molecular flexibility index (Phi) is 3.45. The normalized spacial score (nSPS) is 17.0. The number of nitrogen functional groups attached to an aromatic ring is 1. The van der Waals surface area contributed by atoms with E-state index in [1.165, 1.54) is 0 Å². The number of fused-ring (bicyclic) bond motifs is 2. The Morgan fingerprint density at radius 1 is 1.00 bits per heavy atom. The van der Waals surface area contributed by atoms with Crippen molar-refractivity contribution in [1.29, 1.82) is 0 Å². The minimum atomic E-state index is -0.653. The van der Waals surface area contributed by atoms with Crippen LogP contribution in [-0.4, -0.2) is 46.2 Å². The Morgan fingerprint density at radius 2 is 1.73 bits per heavy atom. The van der Waals surface area contributed by atoms with Gasteiger partial charge in [0.15, 0.2) is 28.5 Å². The minimum absolute atomic E-state index is 0.168. The van der Waals surface area contributed by atoms with Gasteiger partial charge in [0.1, 0.15) is 5.69 Å². The van der Waals surface area contributed by atoms with E-state index in [1.807, 2.05) is 24.3 Å². The molecule has 0 unspecified atom stereocenters. The molecule has 2 aromatic heterocycles. The number of hydrogen-bond acceptors (Lipinski definition) is 9. The SMILES string of the molecule is Nc1nc(N2CCOCC2)c2nc(C3Oc4ccccc4O3)cnc2n1. The van der Waals surface area contributed by atoms with E-state index in [1.54, 1.807) is 6.20 Å². The molecule has 1 fully saturated rings. The van der Waals surface area contributed by atoms with E-state index in [2.05, 4.69) is 24.8 Å². The van der Waals surface area contributed by atoms with E-state index >= 15 is 0 Å². The van der Waals surface area contributed by atoms with Crippen LogP contribution in [0.3, 0.4) is 0 Å². The van der Waals surface area contributed by atoms with Crippen LogP contribution in [0.15, 0.2) is 30.5 Å². The average molecular weight is 352 g/mol. The second kappa shape index (κ2) is 5.95. The van der Waals surface area contributed by atoms with E-state index in [4.69, 9.17) is 19.9 Å². The molecule has 0 atom stereocenters. The summed E-state index contributed by atoms with van der Waals surface area (Å²) in [5.74, 6) is 2.19. The molecule has 1 aromatic carbocycles. The highest BCUT2D eigenvalue weighted by Crippen LogP contribution is 2.39. The number of benzene rings is 1. The van der Waals surface area contributed by atoms with Gasteiger partial charge in [-0.2, -0.15) is 9.97 Å². The van der Waals surface area contributed by atoms with Gasteiger partial charge in [0.25, 0.3) is 6.29 Å². The molecule has 0 radical (unpaired) electrons. The van der Waals surface area contributed by atoms with Crippen molar-refractivity contribution in [3.63, 3.8) is 0 Å². The second-order valence-corrected chi connectivity index (χ2v) is 5.99. The Morgan fingerprint density at radius 3 is 2.46 bits per heavy atom. The van der Waals surface area contributed by atoms with Crippen molar-refractivity contribution in [2.45, 2.75) is 6.29 Å². The summed E-state index contributed by atoms with van der Waals surface area (Å²) in [5, 5.41) is 0. The zero-order chi connectivity index (χ0) is 17.5. The molecule has 0 amide bonds. The number of nitrogens with zero attached hydrogens (tertiary/aromatic N) is 5. The summed E-state index contributed by atoms with van der Waals surface area (Å²) < 4.78 is 17.1. The fraction of sp³-hybridized carbons (Fsp3) is 0.294. The van der Waals surface area contributed by atoms with Gasteiger partial charge < -0.3 is 24.8 Å². The largest absolute Gasteiger partial charge is 0.445 e. The molecule has 0 spiro atoms. The van der Waals surface area contributed by atoms with Gasteiger partial charge in [-0.1, -0.05) is 12.1 Å². The van der Waals surface area contributed by atoms with Crippen molar-refractivity contribution in [1.82, 2.24) is 19.9 Å². The second-order valence-electron chi connectivity index (χ2n) is 5.99. The Balaban J connectivity index is 1.55. The lowest BCUT2D eigenvalue weighted by Crippen LogP contribution is -2.37. The van der Waals surface area contributed by atoms with E-state index in [0.29, 0.717) is 60.5 Å². The fourth-order valence-electron chi connectivity index (χ4n) is 3.05. The first-order valence-corrected chi connectivity index (χ1v) is 8.33. The molecule has 2 N–H and O–H groups in total. The summed E-state index contributed by atoms with van der Waals surface area (Å²) in [6.45, 7) is 2.67. The van der Waals surface area contributed by atoms with Crippen LogP contribution in [0.4, 0.5) is 11.8 Å². The van der Waals surface area contributed by atoms with E-state index in [-0.39, 0.29) is 5.95 Å². The van der Waals surface area contributed by atoms with Crippen LogP contribution < -0.4 is 20.1 Å². The molecule has 0 bridgehead atoms. The predicted octanol–water partition coefficient (Wildman–Crippen LogP) is 1.31. The van der Waals surface area contributed by atoms with Crippen molar-refractivity contribution in [3.05, 3.63) is 36.2 Å². The van der Waals surface area contributed by atoms with Gasteiger partial charge in [-0.3, -0.25) is 0 Å². The van der Waals surface area contributed by atoms with Crippen molar-refractivity contribution in [3.8, 4) is 11.5 Å². The van der Waals surface area contributed by atoms with Crippen LogP contribution in [0.5, 0.6) is 11.5 Å². The molecular formula is C17H16N6O3. The van der Waals surface area contributed by atoms with Gasteiger partial charge >= 0.3 is 0 Å². The van der Waals surface area contributed by atoms with Gasteiger partial charge in [-0.25, -0.2) is 9.97 Å². The molecule has 2 aliphatic heterocycles. The molecule has 5 rings (SSSR count). The zero-order valence-corrected chi connectivity index (χ0v) is 13.8. The maximum Gasteiger partial charge on any atom is 0.286 e. The number of hydrogen-bond donors (Lipinski definition) is 1. The van der Waals surface area contributed by atoms with Crippen molar-refractivity contribution in [2.75, 3.05) is 36.9 Å². The molecule has 132 valence electrons. The predicted molar refractivity (Wildman–Crippen MR) is 93.0 cm³/mol. The number of para-hydroxylation sites is 2. The van der Waals surface area contributed by atoms with Gasteiger partial charge in [0.2, 0.25) is 5.95 Å². The Bertz CT molecular complexity index is 951. The highest BCUT2D eigenvalue weighted by atomic mass is 16.7. The molecular weight excluding hydrogens is 336 g/mol. The number of morpholine rings is 1. The van der Waals surface area contributed by atoms with Crippen molar-refractivity contribution < 1.29 is 14.2 Å². The summed E-state index contributed by atoms with van der Waals surface area (Å²) >= 11 is 0. The monoisotopic (exact) mass is 352 g/mol. The van der Waals surface area contributed by atoms with Gasteiger partial charge in [-0.05, 0) is 12.1 Å². The number of ether oxygens (including phenoxy) is 3. The van der Waals surface area contributed by atoms with Crippen LogP contribution in [0.1, 0.15) is 12.0 Å². The molecule has 2 aliphatic rings. The number of anilines is 2. The molecule has 26 heavy (non-hydrogen) atoms. The average Bonchev–Trinajstić information content (AvgIpc) is 3.12. The first kappa shape index (κ1) is 15.1. The van der Waals surface area contributed by atoms with Crippen LogP contribution in [0.2, 0.25) is 0 Å². The third-order valence-corrected chi connectivity index (χ3v) is 4.29. The smallest absolute Gasteiger partial charge is 0.286 e. The molecule has 9 heteroatoms. The fourth-order valence-corrected chi connectivity index (χ4v) is 3.05. The van der Waals surface area contributed by atoms with Crippen LogP contribution >= 0.6 is 0 Å². The maximum absolute atomic E-state index is 5.85. The third-order valence-electron chi connectivity index (χ3n) is 4.29. The first-order chi connectivity index (χ1) is 12.8. The molecule has 3 aromatic rings. The minimum Gasteiger partial charge on any atom is -0.445 e. The van der Waals surface area contributed by atoms with Gasteiger partial charge in [-0.15, -0.1) is 0 Å². The lowest BCUT2D eigenvalue weighted by Gasteiger charge is -2.28. The zero-order valence-electron chi connectivity index (χ0n) is 13.8. The summed E-state index contributed by atoms with van der Waals surface area (Å²) in [6, 6.07) is 7.49. The summed E-state index contributed by atoms with van der Waals surface area (Å²) in [4.78, 5) is 19.7. The number of nitrogens with two attached hydrogens (primary N) is 1. The lowest BCUT2D eigenvalue weighted by atomic mass is 10.3. The number of rotatable bonds is 2. The molecule has 1 saturated heterocycles. The summed E-state index contributed by atoms with van der Waals surface area (Å²) in [5.41, 5.74) is 7.42. The maximum atomic E-state index is 5.85. The van der Waals surface area contributed by atoms with Gasteiger partial charge in [0.05, 0.1) is 19.4 Å². The lowest BCUT2D eigenvalue weighted by molar-refractivity contribution is 0.0447. The summed E-state index contributed by atoms with van der Waals surface area (Å²) in [7, 11) is 0. The van der Waals surface area contributed by atoms with E-state index < -0.39 is 6.29 Å². The quantitative estimate of drug-likeness (QED) is 0.730. The highest BCUT2D eigenvalue weighted by molar-refractivity contribution is 5.84. The van der Waals surface area contributed by atoms with Crippen molar-refractivity contribution in [2.24, 2.45) is 0 Å². The van der Waals surface area contributed by atoms with Crippen LogP contribution in [0, 0.1) is 0 Å². The topological polar surface area (TPSA) is 109 Å². The molecule has 0 aliphatic carbocycles. The molecule has 4 heterocycles. The van der Waals surface area contributed by atoms with Crippen molar-refractivity contribution >= 4 is 22.9 Å². The summed E-state index contributed by atoms with van der Waals surface area (Å²) in [6.07, 6.45) is 0.938. The Hall–Kier alpha value is -3.20. The third kappa shape index (κ3) is 2.53.